The fourth-order valence-electron chi connectivity index (χ4n) is 3.10. The van der Waals surface area contributed by atoms with Crippen LogP contribution in [0, 0.1) is 12.8 Å². The molecule has 0 spiro atoms. The van der Waals surface area contributed by atoms with E-state index in [9.17, 15) is 13.2 Å². The zero-order valence-corrected chi connectivity index (χ0v) is 14.7. The topological polar surface area (TPSA) is 83.8 Å². The average molecular weight is 350 g/mol. The number of rotatable bonds is 4. The molecular formula is C16H22N4O3S. The lowest BCUT2D eigenvalue weighted by atomic mass is 9.98. The number of nitrogens with one attached hydrogen (secondary N) is 1. The number of hydrogen-bond acceptors (Lipinski definition) is 4. The Morgan fingerprint density at radius 2 is 2.21 bits per heavy atom. The second kappa shape index (κ2) is 6.52. The number of pyridine rings is 1. The van der Waals surface area contributed by atoms with Gasteiger partial charge in [-0.25, -0.2) is 18.1 Å². The van der Waals surface area contributed by atoms with Crippen molar-refractivity contribution in [3.63, 3.8) is 0 Å². The number of likely N-dealkylation sites (tertiary alicyclic amines) is 1. The zero-order chi connectivity index (χ0) is 17.3. The number of carbonyl (C=O) groups excluding carboxylic acids is 1. The molecule has 1 amide bonds. The number of hydrogen-bond donors (Lipinski definition) is 1. The summed E-state index contributed by atoms with van der Waals surface area (Å²) >= 11 is 0. The van der Waals surface area contributed by atoms with Crippen LogP contribution in [0.4, 0.5) is 0 Å². The summed E-state index contributed by atoms with van der Waals surface area (Å²) in [4.78, 5) is 18.9. The third-order valence-corrected chi connectivity index (χ3v) is 5.05. The van der Waals surface area contributed by atoms with Gasteiger partial charge in [0, 0.05) is 31.5 Å². The van der Waals surface area contributed by atoms with E-state index in [1.54, 1.807) is 11.1 Å². The lowest BCUT2D eigenvalue weighted by Gasteiger charge is -2.32. The molecule has 1 aliphatic heterocycles. The maximum atomic E-state index is 12.7. The largest absolute Gasteiger partial charge is 0.337 e. The summed E-state index contributed by atoms with van der Waals surface area (Å²) in [6, 6.07) is 5.76. The maximum Gasteiger partial charge on any atom is 0.274 e. The number of aryl methyl sites for hydroxylation is 1. The Labute approximate surface area is 141 Å². The van der Waals surface area contributed by atoms with Crippen molar-refractivity contribution >= 4 is 21.6 Å². The van der Waals surface area contributed by atoms with Gasteiger partial charge in [-0.1, -0.05) is 6.07 Å². The number of fused-ring (bicyclic) bond motifs is 1. The van der Waals surface area contributed by atoms with E-state index in [-0.39, 0.29) is 11.8 Å². The number of sulfonamides is 1. The van der Waals surface area contributed by atoms with E-state index < -0.39 is 10.0 Å². The summed E-state index contributed by atoms with van der Waals surface area (Å²) in [7, 11) is -3.20. The van der Waals surface area contributed by atoms with Gasteiger partial charge >= 0.3 is 0 Å². The van der Waals surface area contributed by atoms with Gasteiger partial charge in [0.25, 0.3) is 5.91 Å². The molecule has 0 bridgehead atoms. The molecule has 1 N–H and O–H groups in total. The molecule has 3 heterocycles. The fourth-order valence-corrected chi connectivity index (χ4v) is 3.64. The average Bonchev–Trinajstić information content (AvgIpc) is 2.97. The standard InChI is InChI=1S/C16H22N4O3S/c1-12-5-3-7-15-18-14(11-20(12)15)16(21)19-8-4-6-13(10-19)9-17-24(2,22)23/h3,5,7,11,13,17H,4,6,8-10H2,1-2H3. The predicted molar refractivity (Wildman–Crippen MR) is 91.4 cm³/mol. The quantitative estimate of drug-likeness (QED) is 0.893. The predicted octanol–water partition coefficient (Wildman–Crippen LogP) is 1.04. The Hall–Kier alpha value is -1.93. The van der Waals surface area contributed by atoms with E-state index in [0.717, 1.165) is 30.4 Å². The van der Waals surface area contributed by atoms with Crippen molar-refractivity contribution in [3.8, 4) is 0 Å². The summed E-state index contributed by atoms with van der Waals surface area (Å²) in [5.74, 6) is 0.0401. The molecule has 8 heteroatoms. The molecule has 3 rings (SSSR count). The molecule has 24 heavy (non-hydrogen) atoms. The van der Waals surface area contributed by atoms with Crippen molar-refractivity contribution in [3.05, 3.63) is 35.8 Å². The Balaban J connectivity index is 1.72. The minimum Gasteiger partial charge on any atom is -0.337 e. The zero-order valence-electron chi connectivity index (χ0n) is 13.9. The number of nitrogens with zero attached hydrogens (tertiary/aromatic N) is 3. The highest BCUT2D eigenvalue weighted by Crippen LogP contribution is 2.19. The minimum absolute atomic E-state index is 0.0952. The SMILES string of the molecule is Cc1cccc2nc(C(=O)N3CCCC(CNS(C)(=O)=O)C3)cn12. The lowest BCUT2D eigenvalue weighted by Crippen LogP contribution is -2.43. The van der Waals surface area contributed by atoms with Gasteiger partial charge in [-0.3, -0.25) is 4.79 Å². The maximum absolute atomic E-state index is 12.7. The highest BCUT2D eigenvalue weighted by molar-refractivity contribution is 7.88. The first-order chi connectivity index (χ1) is 11.3. The third-order valence-electron chi connectivity index (χ3n) is 4.36. The van der Waals surface area contributed by atoms with E-state index >= 15 is 0 Å². The van der Waals surface area contributed by atoms with E-state index in [1.807, 2.05) is 29.5 Å². The van der Waals surface area contributed by atoms with Crippen molar-refractivity contribution in [1.29, 1.82) is 0 Å². The van der Waals surface area contributed by atoms with Crippen LogP contribution in [-0.2, 0) is 10.0 Å². The molecule has 7 nitrogen and oxygen atoms in total. The van der Waals surface area contributed by atoms with Gasteiger partial charge in [-0.05, 0) is 37.8 Å². The molecule has 1 saturated heterocycles. The number of carbonyl (C=O) groups is 1. The molecule has 0 aromatic carbocycles. The van der Waals surface area contributed by atoms with Gasteiger partial charge < -0.3 is 9.30 Å². The number of imidazole rings is 1. The number of aromatic nitrogens is 2. The van der Waals surface area contributed by atoms with Crippen LogP contribution in [-0.4, -0.2) is 54.5 Å². The number of piperidine rings is 1. The fraction of sp³-hybridized carbons (Fsp3) is 0.500. The molecule has 2 aromatic rings. The van der Waals surface area contributed by atoms with Crippen LogP contribution in [0.1, 0.15) is 29.0 Å². The van der Waals surface area contributed by atoms with Gasteiger partial charge in [-0.15, -0.1) is 0 Å². The van der Waals surface area contributed by atoms with E-state index in [0.29, 0.717) is 25.3 Å². The Bertz CT molecular complexity index is 859. The van der Waals surface area contributed by atoms with Crippen LogP contribution >= 0.6 is 0 Å². The van der Waals surface area contributed by atoms with Crippen molar-refractivity contribution in [2.24, 2.45) is 5.92 Å². The summed E-state index contributed by atoms with van der Waals surface area (Å²) in [5, 5.41) is 0. The first-order valence-electron chi connectivity index (χ1n) is 8.02. The highest BCUT2D eigenvalue weighted by Gasteiger charge is 2.26. The Morgan fingerprint density at radius 1 is 1.42 bits per heavy atom. The van der Waals surface area contributed by atoms with Crippen molar-refractivity contribution < 1.29 is 13.2 Å². The summed E-state index contributed by atoms with van der Waals surface area (Å²) in [6.07, 6.45) is 4.70. The molecule has 2 aromatic heterocycles. The van der Waals surface area contributed by atoms with E-state index in [1.165, 1.54) is 0 Å². The van der Waals surface area contributed by atoms with Crippen LogP contribution in [0.15, 0.2) is 24.4 Å². The molecule has 1 fully saturated rings. The van der Waals surface area contributed by atoms with E-state index in [4.69, 9.17) is 0 Å². The van der Waals surface area contributed by atoms with Crippen molar-refractivity contribution in [1.82, 2.24) is 19.0 Å². The van der Waals surface area contributed by atoms with Crippen LogP contribution in [0.25, 0.3) is 5.65 Å². The Kier molecular flexibility index (Phi) is 4.60. The minimum atomic E-state index is -3.20. The second-order valence-electron chi connectivity index (χ2n) is 6.40. The van der Waals surface area contributed by atoms with Gasteiger partial charge in [0.1, 0.15) is 11.3 Å². The summed E-state index contributed by atoms with van der Waals surface area (Å²) in [6.45, 7) is 3.57. The normalized spacial score (nSPS) is 18.9. The first-order valence-corrected chi connectivity index (χ1v) is 9.91. The molecule has 130 valence electrons. The molecule has 0 saturated carbocycles. The molecule has 1 aliphatic rings. The molecular weight excluding hydrogens is 328 g/mol. The molecule has 1 atom stereocenters. The number of amides is 1. The highest BCUT2D eigenvalue weighted by atomic mass is 32.2. The Morgan fingerprint density at radius 3 is 2.92 bits per heavy atom. The third kappa shape index (κ3) is 3.76. The van der Waals surface area contributed by atoms with Crippen LogP contribution in [0.3, 0.4) is 0 Å². The molecule has 0 aliphatic carbocycles. The van der Waals surface area contributed by atoms with Crippen LogP contribution in [0.5, 0.6) is 0 Å². The lowest BCUT2D eigenvalue weighted by molar-refractivity contribution is 0.0671. The van der Waals surface area contributed by atoms with Gasteiger partial charge in [0.05, 0.1) is 6.26 Å². The van der Waals surface area contributed by atoms with Crippen LogP contribution in [0.2, 0.25) is 0 Å². The summed E-state index contributed by atoms with van der Waals surface area (Å²) in [5.41, 5.74) is 2.21. The van der Waals surface area contributed by atoms with Gasteiger partial charge in [-0.2, -0.15) is 0 Å². The van der Waals surface area contributed by atoms with Crippen molar-refractivity contribution in [2.45, 2.75) is 19.8 Å². The molecule has 0 radical (unpaired) electrons. The van der Waals surface area contributed by atoms with Crippen molar-refractivity contribution in [2.75, 3.05) is 25.9 Å². The van der Waals surface area contributed by atoms with Gasteiger partial charge in [0.2, 0.25) is 10.0 Å². The molecule has 1 unspecified atom stereocenters. The summed E-state index contributed by atoms with van der Waals surface area (Å²) < 4.78 is 26.9. The van der Waals surface area contributed by atoms with E-state index in [2.05, 4.69) is 9.71 Å². The van der Waals surface area contributed by atoms with Crippen LogP contribution < -0.4 is 4.72 Å². The smallest absolute Gasteiger partial charge is 0.274 e. The van der Waals surface area contributed by atoms with Gasteiger partial charge in [0.15, 0.2) is 0 Å². The second-order valence-corrected chi connectivity index (χ2v) is 8.23. The first kappa shape index (κ1) is 16.9. The monoisotopic (exact) mass is 350 g/mol.